The second-order valence-electron chi connectivity index (χ2n) is 5.42. The number of hydrogen-bond acceptors (Lipinski definition) is 5. The molecule has 6 nitrogen and oxygen atoms in total. The van der Waals surface area contributed by atoms with Crippen LogP contribution >= 0.6 is 0 Å². The molecule has 1 aromatic carbocycles. The molecule has 0 atom stereocenters. The molecule has 110 valence electrons. The van der Waals surface area contributed by atoms with E-state index in [1.54, 1.807) is 4.90 Å². The summed E-state index contributed by atoms with van der Waals surface area (Å²) in [6, 6.07) is 10.5. The Bertz CT molecular complexity index is 603. The lowest BCUT2D eigenvalue weighted by atomic mass is 9.90. The Kier molecular flexibility index (Phi) is 3.85. The van der Waals surface area contributed by atoms with Crippen molar-refractivity contribution in [1.82, 2.24) is 15.2 Å². The van der Waals surface area contributed by atoms with Gasteiger partial charge in [-0.15, -0.1) is 0 Å². The SMILES string of the molecule is Nc1nonc1C(=O)N1CCC(Cc2ccccc2)CC1. The third-order valence-corrected chi connectivity index (χ3v) is 3.99. The highest BCUT2D eigenvalue weighted by Crippen LogP contribution is 2.23. The van der Waals surface area contributed by atoms with Crippen molar-refractivity contribution in [3.05, 3.63) is 41.6 Å². The number of rotatable bonds is 3. The van der Waals surface area contributed by atoms with E-state index >= 15 is 0 Å². The van der Waals surface area contributed by atoms with E-state index in [9.17, 15) is 4.79 Å². The maximum Gasteiger partial charge on any atom is 0.280 e. The van der Waals surface area contributed by atoms with Gasteiger partial charge < -0.3 is 10.6 Å². The van der Waals surface area contributed by atoms with Crippen LogP contribution in [0.1, 0.15) is 28.9 Å². The van der Waals surface area contributed by atoms with Gasteiger partial charge >= 0.3 is 0 Å². The van der Waals surface area contributed by atoms with Crippen molar-refractivity contribution < 1.29 is 9.42 Å². The molecule has 1 aliphatic heterocycles. The fourth-order valence-corrected chi connectivity index (χ4v) is 2.78. The Morgan fingerprint density at radius 2 is 1.95 bits per heavy atom. The number of aromatic nitrogens is 2. The highest BCUT2D eigenvalue weighted by Gasteiger charge is 2.27. The van der Waals surface area contributed by atoms with Gasteiger partial charge in [0.25, 0.3) is 5.91 Å². The fraction of sp³-hybridized carbons (Fsp3) is 0.400. The van der Waals surface area contributed by atoms with E-state index in [4.69, 9.17) is 5.73 Å². The minimum Gasteiger partial charge on any atom is -0.379 e. The van der Waals surface area contributed by atoms with Crippen molar-refractivity contribution in [2.75, 3.05) is 18.8 Å². The zero-order valence-electron chi connectivity index (χ0n) is 11.7. The second kappa shape index (κ2) is 5.95. The van der Waals surface area contributed by atoms with Gasteiger partial charge in [0, 0.05) is 13.1 Å². The van der Waals surface area contributed by atoms with Crippen LogP contribution in [0.15, 0.2) is 35.0 Å². The molecule has 1 aliphatic rings. The Morgan fingerprint density at radius 3 is 2.57 bits per heavy atom. The fourth-order valence-electron chi connectivity index (χ4n) is 2.78. The van der Waals surface area contributed by atoms with Crippen LogP contribution in [-0.2, 0) is 6.42 Å². The summed E-state index contributed by atoms with van der Waals surface area (Å²) in [5, 5.41) is 7.02. The number of carbonyl (C=O) groups excluding carboxylic acids is 1. The molecule has 1 fully saturated rings. The molecule has 6 heteroatoms. The first-order valence-corrected chi connectivity index (χ1v) is 7.15. The van der Waals surface area contributed by atoms with Crippen molar-refractivity contribution in [2.45, 2.75) is 19.3 Å². The van der Waals surface area contributed by atoms with E-state index in [0.717, 1.165) is 32.4 Å². The van der Waals surface area contributed by atoms with Crippen molar-refractivity contribution in [3.8, 4) is 0 Å². The summed E-state index contributed by atoms with van der Waals surface area (Å²) in [6.07, 6.45) is 3.05. The second-order valence-corrected chi connectivity index (χ2v) is 5.42. The van der Waals surface area contributed by atoms with Crippen LogP contribution in [0.4, 0.5) is 5.82 Å². The molecule has 2 aromatic rings. The van der Waals surface area contributed by atoms with Gasteiger partial charge in [-0.05, 0) is 41.1 Å². The zero-order chi connectivity index (χ0) is 14.7. The maximum atomic E-state index is 12.2. The van der Waals surface area contributed by atoms with Gasteiger partial charge in [-0.25, -0.2) is 4.63 Å². The predicted molar refractivity (Wildman–Crippen MR) is 77.5 cm³/mol. The Balaban J connectivity index is 1.56. The lowest BCUT2D eigenvalue weighted by Gasteiger charge is -2.31. The molecule has 1 amide bonds. The monoisotopic (exact) mass is 286 g/mol. The molecule has 1 aromatic heterocycles. The summed E-state index contributed by atoms with van der Waals surface area (Å²) in [5.74, 6) is 0.488. The average Bonchev–Trinajstić information content (AvgIpc) is 2.94. The van der Waals surface area contributed by atoms with E-state index in [0.29, 0.717) is 5.92 Å². The van der Waals surface area contributed by atoms with E-state index in [1.807, 2.05) is 6.07 Å². The third kappa shape index (κ3) is 3.04. The predicted octanol–water partition coefficient (Wildman–Crippen LogP) is 1.75. The molecule has 0 saturated carbocycles. The molecule has 21 heavy (non-hydrogen) atoms. The smallest absolute Gasteiger partial charge is 0.280 e. The average molecular weight is 286 g/mol. The number of nitrogens with two attached hydrogens (primary N) is 1. The van der Waals surface area contributed by atoms with Crippen LogP contribution in [-0.4, -0.2) is 34.2 Å². The normalized spacial score (nSPS) is 16.1. The van der Waals surface area contributed by atoms with Crippen LogP contribution in [0.5, 0.6) is 0 Å². The van der Waals surface area contributed by atoms with Crippen LogP contribution < -0.4 is 5.73 Å². The number of hydrogen-bond donors (Lipinski definition) is 1. The molecule has 3 rings (SSSR count). The van der Waals surface area contributed by atoms with Crippen LogP contribution in [0.3, 0.4) is 0 Å². The summed E-state index contributed by atoms with van der Waals surface area (Å²) in [7, 11) is 0. The van der Waals surface area contributed by atoms with Gasteiger partial charge in [-0.1, -0.05) is 30.3 Å². The summed E-state index contributed by atoms with van der Waals surface area (Å²) >= 11 is 0. The first-order chi connectivity index (χ1) is 10.2. The van der Waals surface area contributed by atoms with E-state index in [-0.39, 0.29) is 17.4 Å². The van der Waals surface area contributed by atoms with E-state index in [1.165, 1.54) is 5.56 Å². The minimum atomic E-state index is -0.188. The number of benzene rings is 1. The molecular formula is C15H18N4O2. The maximum absolute atomic E-state index is 12.2. The minimum absolute atomic E-state index is 0.0615. The third-order valence-electron chi connectivity index (χ3n) is 3.99. The number of nitrogen functional groups attached to an aromatic ring is 1. The molecule has 2 N–H and O–H groups in total. The van der Waals surface area contributed by atoms with Gasteiger partial charge in [0.1, 0.15) is 0 Å². The molecule has 0 radical (unpaired) electrons. The van der Waals surface area contributed by atoms with Gasteiger partial charge in [-0.3, -0.25) is 4.79 Å². The number of anilines is 1. The van der Waals surface area contributed by atoms with Crippen molar-refractivity contribution in [2.24, 2.45) is 5.92 Å². The van der Waals surface area contributed by atoms with Crippen LogP contribution in [0.25, 0.3) is 0 Å². The summed E-state index contributed by atoms with van der Waals surface area (Å²) < 4.78 is 4.48. The summed E-state index contributed by atoms with van der Waals surface area (Å²) in [6.45, 7) is 1.45. The standard InChI is InChI=1S/C15H18N4O2/c16-14-13(17-21-18-14)15(20)19-8-6-12(7-9-19)10-11-4-2-1-3-5-11/h1-5,12H,6-10H2,(H2,16,18). The summed E-state index contributed by atoms with van der Waals surface area (Å²) in [5.41, 5.74) is 7.04. The molecular weight excluding hydrogens is 268 g/mol. The highest BCUT2D eigenvalue weighted by atomic mass is 16.6. The number of carbonyl (C=O) groups is 1. The van der Waals surface area contributed by atoms with Crippen molar-refractivity contribution in [1.29, 1.82) is 0 Å². The zero-order valence-corrected chi connectivity index (χ0v) is 11.7. The lowest BCUT2D eigenvalue weighted by molar-refractivity contribution is 0.0680. The van der Waals surface area contributed by atoms with Gasteiger partial charge in [0.2, 0.25) is 11.5 Å². The lowest BCUT2D eigenvalue weighted by Crippen LogP contribution is -2.39. The number of piperidine rings is 1. The number of amides is 1. The molecule has 0 unspecified atom stereocenters. The molecule has 2 heterocycles. The Hall–Kier alpha value is -2.37. The molecule has 0 aliphatic carbocycles. The Morgan fingerprint density at radius 1 is 1.24 bits per heavy atom. The van der Waals surface area contributed by atoms with E-state index < -0.39 is 0 Å². The Labute approximate surface area is 122 Å². The first kappa shape index (κ1) is 13.6. The quantitative estimate of drug-likeness (QED) is 0.929. The topological polar surface area (TPSA) is 85.2 Å². The first-order valence-electron chi connectivity index (χ1n) is 7.15. The number of likely N-dealkylation sites (tertiary alicyclic amines) is 1. The van der Waals surface area contributed by atoms with Crippen molar-refractivity contribution >= 4 is 11.7 Å². The largest absolute Gasteiger partial charge is 0.379 e. The van der Waals surface area contributed by atoms with Crippen LogP contribution in [0, 0.1) is 5.92 Å². The number of nitrogens with zero attached hydrogens (tertiary/aromatic N) is 3. The van der Waals surface area contributed by atoms with Gasteiger partial charge in [0.15, 0.2) is 0 Å². The van der Waals surface area contributed by atoms with Crippen LogP contribution in [0.2, 0.25) is 0 Å². The molecule has 0 bridgehead atoms. The van der Waals surface area contributed by atoms with Gasteiger partial charge in [-0.2, -0.15) is 0 Å². The highest BCUT2D eigenvalue weighted by molar-refractivity contribution is 5.96. The molecule has 1 saturated heterocycles. The van der Waals surface area contributed by atoms with Crippen molar-refractivity contribution in [3.63, 3.8) is 0 Å². The van der Waals surface area contributed by atoms with Gasteiger partial charge in [0.05, 0.1) is 0 Å². The van der Waals surface area contributed by atoms with E-state index in [2.05, 4.69) is 39.2 Å². The molecule has 0 spiro atoms. The summed E-state index contributed by atoms with van der Waals surface area (Å²) in [4.78, 5) is 14.0.